The van der Waals surface area contributed by atoms with Crippen molar-refractivity contribution in [1.82, 2.24) is 4.57 Å². The van der Waals surface area contributed by atoms with Crippen LogP contribution in [0.5, 0.6) is 0 Å². The Balaban J connectivity index is 2.32. The Labute approximate surface area is 124 Å². The number of carbonyl (C=O) groups is 1. The zero-order valence-electron chi connectivity index (χ0n) is 12.8. The highest BCUT2D eigenvalue weighted by atomic mass is 16.6. The monoisotopic (exact) mass is 281 g/mol. The maximum absolute atomic E-state index is 12.6. The van der Waals surface area contributed by atoms with Crippen molar-refractivity contribution in [2.24, 2.45) is 0 Å². The Hall–Kier alpha value is -2.29. The first-order valence-corrected chi connectivity index (χ1v) is 7.10. The molecule has 3 heteroatoms. The molecule has 0 amide bonds. The fourth-order valence-corrected chi connectivity index (χ4v) is 2.58. The van der Waals surface area contributed by atoms with Crippen LogP contribution in [0.3, 0.4) is 0 Å². The molecule has 3 aromatic rings. The molecule has 0 spiro atoms. The van der Waals surface area contributed by atoms with Gasteiger partial charge in [0.15, 0.2) is 0 Å². The van der Waals surface area contributed by atoms with Crippen LogP contribution in [-0.2, 0) is 4.74 Å². The molecule has 0 N–H and O–H groups in total. The van der Waals surface area contributed by atoms with Gasteiger partial charge in [-0.15, -0.1) is 0 Å². The number of nitrogens with zero attached hydrogens (tertiary/aromatic N) is 1. The first-order chi connectivity index (χ1) is 9.87. The summed E-state index contributed by atoms with van der Waals surface area (Å²) in [6, 6.07) is 14.1. The summed E-state index contributed by atoms with van der Waals surface area (Å²) in [6.07, 6.45) is -0.334. The topological polar surface area (TPSA) is 31.2 Å². The van der Waals surface area contributed by atoms with Crippen molar-refractivity contribution >= 4 is 27.9 Å². The lowest BCUT2D eigenvalue weighted by Crippen LogP contribution is -2.27. The van der Waals surface area contributed by atoms with Crippen LogP contribution in [0, 0.1) is 6.92 Å². The van der Waals surface area contributed by atoms with Crippen LogP contribution in [0.1, 0.15) is 26.3 Å². The van der Waals surface area contributed by atoms with Crippen molar-refractivity contribution < 1.29 is 9.53 Å². The number of aryl methyl sites for hydroxylation is 1. The average Bonchev–Trinajstić information content (AvgIpc) is 2.70. The molecule has 0 saturated heterocycles. The Kier molecular flexibility index (Phi) is 3.01. The molecule has 0 saturated carbocycles. The van der Waals surface area contributed by atoms with Gasteiger partial charge in [-0.2, -0.15) is 0 Å². The average molecular weight is 281 g/mol. The van der Waals surface area contributed by atoms with Crippen LogP contribution in [0.15, 0.2) is 42.5 Å². The van der Waals surface area contributed by atoms with Gasteiger partial charge in [0.1, 0.15) is 5.60 Å². The number of benzene rings is 2. The standard InChI is InChI=1S/C18H19NO2/c1-12-9-10-14-13-7-5-6-8-15(13)19(16(14)11-12)17(20)21-18(2,3)4/h5-11H,1-4H3. The summed E-state index contributed by atoms with van der Waals surface area (Å²) in [7, 11) is 0. The summed E-state index contributed by atoms with van der Waals surface area (Å²) in [5.41, 5.74) is 2.38. The van der Waals surface area contributed by atoms with E-state index in [1.54, 1.807) is 4.57 Å². The fraction of sp³-hybridized carbons (Fsp3) is 0.278. The van der Waals surface area contributed by atoms with E-state index in [0.717, 1.165) is 27.4 Å². The van der Waals surface area contributed by atoms with Crippen molar-refractivity contribution in [3.05, 3.63) is 48.0 Å². The highest BCUT2D eigenvalue weighted by Gasteiger charge is 2.22. The van der Waals surface area contributed by atoms with E-state index in [4.69, 9.17) is 4.74 Å². The number of hydrogen-bond acceptors (Lipinski definition) is 2. The minimum Gasteiger partial charge on any atom is -0.443 e. The molecule has 0 aliphatic rings. The van der Waals surface area contributed by atoms with Gasteiger partial charge in [-0.1, -0.05) is 30.3 Å². The molecule has 3 rings (SSSR count). The van der Waals surface area contributed by atoms with Crippen LogP contribution >= 0.6 is 0 Å². The molecule has 0 aliphatic heterocycles. The van der Waals surface area contributed by atoms with E-state index < -0.39 is 5.60 Å². The number of aromatic nitrogens is 1. The predicted molar refractivity (Wildman–Crippen MR) is 85.8 cm³/mol. The number of hydrogen-bond donors (Lipinski definition) is 0. The van der Waals surface area contributed by atoms with Crippen LogP contribution < -0.4 is 0 Å². The fourth-order valence-electron chi connectivity index (χ4n) is 2.58. The first kappa shape index (κ1) is 13.7. The molecule has 1 heterocycles. The summed E-state index contributed by atoms with van der Waals surface area (Å²) in [4.78, 5) is 12.6. The Morgan fingerprint density at radius 1 is 1.00 bits per heavy atom. The number of para-hydroxylation sites is 1. The van der Waals surface area contributed by atoms with Gasteiger partial charge in [0.05, 0.1) is 11.0 Å². The molecule has 0 unspecified atom stereocenters. The van der Waals surface area contributed by atoms with Crippen molar-refractivity contribution in [3.8, 4) is 0 Å². The molecular weight excluding hydrogens is 262 g/mol. The molecule has 1 aromatic heterocycles. The second-order valence-corrected chi connectivity index (χ2v) is 6.35. The molecular formula is C18H19NO2. The molecule has 2 aromatic carbocycles. The highest BCUT2D eigenvalue weighted by Crippen LogP contribution is 2.30. The van der Waals surface area contributed by atoms with Crippen molar-refractivity contribution in [2.45, 2.75) is 33.3 Å². The van der Waals surface area contributed by atoms with Crippen LogP contribution in [0.4, 0.5) is 4.79 Å². The Morgan fingerprint density at radius 3 is 2.38 bits per heavy atom. The summed E-state index contributed by atoms with van der Waals surface area (Å²) < 4.78 is 7.23. The summed E-state index contributed by atoms with van der Waals surface area (Å²) in [5.74, 6) is 0. The SMILES string of the molecule is Cc1ccc2c3ccccc3n(C(=O)OC(C)(C)C)c2c1. The molecule has 3 nitrogen and oxygen atoms in total. The van der Waals surface area contributed by atoms with Crippen molar-refractivity contribution in [2.75, 3.05) is 0 Å². The number of ether oxygens (including phenoxy) is 1. The summed E-state index contributed by atoms with van der Waals surface area (Å²) >= 11 is 0. The van der Waals surface area contributed by atoms with Gasteiger partial charge in [0, 0.05) is 10.8 Å². The maximum atomic E-state index is 12.6. The summed E-state index contributed by atoms with van der Waals surface area (Å²) in [5, 5.41) is 2.14. The normalized spacial score (nSPS) is 12.0. The molecule has 0 aliphatic carbocycles. The minimum atomic E-state index is -0.515. The van der Waals surface area contributed by atoms with Gasteiger partial charge in [-0.25, -0.2) is 9.36 Å². The van der Waals surface area contributed by atoms with E-state index in [0.29, 0.717) is 0 Å². The highest BCUT2D eigenvalue weighted by molar-refractivity contribution is 6.12. The number of rotatable bonds is 0. The predicted octanol–water partition coefficient (Wildman–Crippen LogP) is 4.89. The Morgan fingerprint density at radius 2 is 1.67 bits per heavy atom. The Bertz CT molecular complexity index is 837. The van der Waals surface area contributed by atoms with E-state index in [2.05, 4.69) is 12.1 Å². The van der Waals surface area contributed by atoms with Crippen molar-refractivity contribution in [3.63, 3.8) is 0 Å². The van der Waals surface area contributed by atoms with Crippen LogP contribution in [-0.4, -0.2) is 16.3 Å². The maximum Gasteiger partial charge on any atom is 0.419 e. The van der Waals surface area contributed by atoms with Gasteiger partial charge >= 0.3 is 6.09 Å². The van der Waals surface area contributed by atoms with Crippen LogP contribution in [0.25, 0.3) is 21.8 Å². The zero-order chi connectivity index (χ0) is 15.2. The van der Waals surface area contributed by atoms with Gasteiger partial charge in [-0.3, -0.25) is 0 Å². The van der Waals surface area contributed by atoms with E-state index in [1.165, 1.54) is 0 Å². The molecule has 0 bridgehead atoms. The quantitative estimate of drug-likeness (QED) is 0.587. The van der Waals surface area contributed by atoms with Crippen LogP contribution in [0.2, 0.25) is 0 Å². The number of carbonyl (C=O) groups excluding carboxylic acids is 1. The summed E-state index contributed by atoms with van der Waals surface area (Å²) in [6.45, 7) is 7.66. The molecule has 0 fully saturated rings. The van der Waals surface area contributed by atoms with Gasteiger partial charge in [-0.05, 0) is 45.4 Å². The third kappa shape index (κ3) is 2.40. The molecule has 0 atom stereocenters. The second-order valence-electron chi connectivity index (χ2n) is 6.35. The zero-order valence-corrected chi connectivity index (χ0v) is 12.8. The van der Waals surface area contributed by atoms with E-state index in [-0.39, 0.29) is 6.09 Å². The third-order valence-corrected chi connectivity index (χ3v) is 3.41. The lowest BCUT2D eigenvalue weighted by atomic mass is 10.1. The third-order valence-electron chi connectivity index (χ3n) is 3.41. The van der Waals surface area contributed by atoms with Gasteiger partial charge < -0.3 is 4.74 Å². The van der Waals surface area contributed by atoms with Crippen molar-refractivity contribution in [1.29, 1.82) is 0 Å². The lowest BCUT2D eigenvalue weighted by Gasteiger charge is -2.20. The van der Waals surface area contributed by atoms with E-state index in [9.17, 15) is 4.79 Å². The number of fused-ring (bicyclic) bond motifs is 3. The first-order valence-electron chi connectivity index (χ1n) is 7.10. The largest absolute Gasteiger partial charge is 0.443 e. The van der Waals surface area contributed by atoms with E-state index in [1.807, 2.05) is 58.0 Å². The van der Waals surface area contributed by atoms with Gasteiger partial charge in [0.2, 0.25) is 0 Å². The van der Waals surface area contributed by atoms with Gasteiger partial charge in [0.25, 0.3) is 0 Å². The molecule has 108 valence electrons. The lowest BCUT2D eigenvalue weighted by molar-refractivity contribution is 0.0551. The molecule has 21 heavy (non-hydrogen) atoms. The minimum absolute atomic E-state index is 0.334. The molecule has 0 radical (unpaired) electrons. The van der Waals surface area contributed by atoms with E-state index >= 15 is 0 Å². The second kappa shape index (κ2) is 4.62. The smallest absolute Gasteiger partial charge is 0.419 e.